The number of amides is 2. The standard InChI is InChI=1S/C34H40ClF5N4O7S/c1-5-44-28(23-12-11-21(15-24(23)51-30(36)37)17-32(2,3)34(38,39)40)26(35)27(43-44)29(45)41-19-33(47)14-13-22(52(4,48)49)16-25(33)42-31(46)50-18-20-9-7-6-8-10-20/h6-12,15,22,25,30,47H,5,13-14,16-19H2,1-4H3,(H,41,45)(H,42,46)/t22-,25-,33-/m0/s1. The zero-order chi connectivity index (χ0) is 38.6. The Morgan fingerprint density at radius 3 is 2.40 bits per heavy atom. The van der Waals surface area contributed by atoms with Crippen molar-refractivity contribution in [3.63, 3.8) is 0 Å². The van der Waals surface area contributed by atoms with Gasteiger partial charge in [0.05, 0.1) is 27.4 Å². The summed E-state index contributed by atoms with van der Waals surface area (Å²) < 4.78 is 104. The molecule has 1 aromatic heterocycles. The van der Waals surface area contributed by atoms with Crippen molar-refractivity contribution < 1.29 is 54.5 Å². The summed E-state index contributed by atoms with van der Waals surface area (Å²) in [6.07, 6.45) is -5.28. The average molecular weight is 779 g/mol. The Hall–Kier alpha value is -3.96. The second kappa shape index (κ2) is 16.0. The van der Waals surface area contributed by atoms with Crippen LogP contribution < -0.4 is 15.4 Å². The van der Waals surface area contributed by atoms with Gasteiger partial charge < -0.3 is 25.2 Å². The van der Waals surface area contributed by atoms with Crippen LogP contribution in [-0.4, -0.2) is 77.8 Å². The normalized spacial score (nSPS) is 19.7. The van der Waals surface area contributed by atoms with E-state index in [-0.39, 0.29) is 60.0 Å². The molecule has 52 heavy (non-hydrogen) atoms. The van der Waals surface area contributed by atoms with Crippen LogP contribution in [-0.2, 0) is 34.1 Å². The van der Waals surface area contributed by atoms with Gasteiger partial charge in [-0.2, -0.15) is 27.1 Å². The molecule has 3 atom stereocenters. The van der Waals surface area contributed by atoms with E-state index in [1.54, 1.807) is 37.3 Å². The average Bonchev–Trinajstić information content (AvgIpc) is 3.38. The van der Waals surface area contributed by atoms with Crippen LogP contribution in [0.25, 0.3) is 11.3 Å². The Morgan fingerprint density at radius 1 is 1.13 bits per heavy atom. The van der Waals surface area contributed by atoms with E-state index >= 15 is 0 Å². The summed E-state index contributed by atoms with van der Waals surface area (Å²) >= 11 is 6.62. The first-order valence-electron chi connectivity index (χ1n) is 16.2. The van der Waals surface area contributed by atoms with Crippen molar-refractivity contribution >= 4 is 33.4 Å². The van der Waals surface area contributed by atoms with E-state index in [9.17, 15) is 45.1 Å². The lowest BCUT2D eigenvalue weighted by molar-refractivity contribution is -0.211. The van der Waals surface area contributed by atoms with Crippen molar-refractivity contribution in [3.05, 3.63) is 70.4 Å². The summed E-state index contributed by atoms with van der Waals surface area (Å²) in [4.78, 5) is 26.2. The number of ether oxygens (including phenoxy) is 2. The van der Waals surface area contributed by atoms with Crippen LogP contribution in [0, 0.1) is 5.41 Å². The van der Waals surface area contributed by atoms with E-state index in [4.69, 9.17) is 16.3 Å². The van der Waals surface area contributed by atoms with E-state index in [1.807, 2.05) is 0 Å². The quantitative estimate of drug-likeness (QED) is 0.171. The summed E-state index contributed by atoms with van der Waals surface area (Å²) in [6, 6.07) is 11.2. The molecule has 1 fully saturated rings. The number of halogens is 6. The summed E-state index contributed by atoms with van der Waals surface area (Å²) in [5, 5.41) is 19.8. The molecule has 1 saturated carbocycles. The molecular formula is C34H40ClF5N4O7S. The molecule has 0 spiro atoms. The fourth-order valence-corrected chi connectivity index (χ4v) is 7.36. The summed E-state index contributed by atoms with van der Waals surface area (Å²) in [7, 11) is -3.57. The SMILES string of the molecule is CCn1nc(C(=O)NC[C@@]2(O)CC[C@H](S(C)(=O)=O)C[C@@H]2NC(=O)OCc2ccccc2)c(Cl)c1-c1ccc(CC(C)(C)C(F)(F)F)cc1OC(F)F. The minimum atomic E-state index is -4.58. The molecule has 286 valence electrons. The van der Waals surface area contributed by atoms with Crippen molar-refractivity contribution in [2.24, 2.45) is 5.41 Å². The second-order valence-corrected chi connectivity index (χ2v) is 16.1. The Labute approximate surface area is 302 Å². The number of nitrogens with zero attached hydrogens (tertiary/aromatic N) is 2. The maximum absolute atomic E-state index is 13.6. The molecule has 4 rings (SSSR count). The summed E-state index contributed by atoms with van der Waals surface area (Å²) in [5.74, 6) is -1.39. The molecular weight excluding hydrogens is 739 g/mol. The molecule has 1 aliphatic rings. The van der Waals surface area contributed by atoms with Gasteiger partial charge in [0.2, 0.25) is 0 Å². The number of carbonyl (C=O) groups excluding carboxylic acids is 2. The lowest BCUT2D eigenvalue weighted by Crippen LogP contribution is -2.62. The molecule has 2 amide bonds. The largest absolute Gasteiger partial charge is 0.445 e. The number of alkyl halides is 5. The minimum Gasteiger partial charge on any atom is -0.445 e. The van der Waals surface area contributed by atoms with Gasteiger partial charge in [-0.25, -0.2) is 13.2 Å². The first-order valence-corrected chi connectivity index (χ1v) is 18.6. The van der Waals surface area contributed by atoms with Crippen LogP contribution in [0.3, 0.4) is 0 Å². The predicted molar refractivity (Wildman–Crippen MR) is 182 cm³/mol. The van der Waals surface area contributed by atoms with Gasteiger partial charge in [0.1, 0.15) is 27.8 Å². The molecule has 0 aliphatic heterocycles. The lowest BCUT2D eigenvalue weighted by atomic mass is 9.80. The van der Waals surface area contributed by atoms with Gasteiger partial charge in [0.15, 0.2) is 5.69 Å². The van der Waals surface area contributed by atoms with Gasteiger partial charge in [-0.05, 0) is 55.9 Å². The molecule has 3 aromatic rings. The molecule has 0 unspecified atom stereocenters. The monoisotopic (exact) mass is 778 g/mol. The van der Waals surface area contributed by atoms with Gasteiger partial charge in [0, 0.05) is 24.9 Å². The first-order chi connectivity index (χ1) is 24.1. The van der Waals surface area contributed by atoms with Gasteiger partial charge in [-0.3, -0.25) is 9.48 Å². The smallest absolute Gasteiger partial charge is 0.407 e. The highest BCUT2D eigenvalue weighted by Crippen LogP contribution is 2.43. The zero-order valence-corrected chi connectivity index (χ0v) is 30.3. The number of aryl methyl sites for hydroxylation is 1. The van der Waals surface area contributed by atoms with Gasteiger partial charge in [-0.15, -0.1) is 0 Å². The van der Waals surface area contributed by atoms with Crippen LogP contribution >= 0.6 is 11.6 Å². The Kier molecular flexibility index (Phi) is 12.5. The molecule has 1 heterocycles. The van der Waals surface area contributed by atoms with Crippen LogP contribution in [0.5, 0.6) is 5.75 Å². The van der Waals surface area contributed by atoms with Crippen LogP contribution in [0.1, 0.15) is 61.6 Å². The minimum absolute atomic E-state index is 0.0281. The highest BCUT2D eigenvalue weighted by atomic mass is 35.5. The Bertz CT molecular complexity index is 1860. The number of benzene rings is 2. The number of hydrogen-bond donors (Lipinski definition) is 3. The molecule has 0 radical (unpaired) electrons. The van der Waals surface area contributed by atoms with Crippen molar-refractivity contribution in [2.75, 3.05) is 12.8 Å². The number of aromatic nitrogens is 2. The van der Waals surface area contributed by atoms with E-state index in [2.05, 4.69) is 20.5 Å². The number of rotatable bonds is 13. The molecule has 0 bridgehead atoms. The van der Waals surface area contributed by atoms with Crippen molar-refractivity contribution in [1.29, 1.82) is 0 Å². The lowest BCUT2D eigenvalue weighted by Gasteiger charge is -2.42. The fourth-order valence-electron chi connectivity index (χ4n) is 5.95. The van der Waals surface area contributed by atoms with Crippen molar-refractivity contribution in [2.45, 2.75) is 89.3 Å². The number of aliphatic hydroxyl groups is 1. The molecule has 11 nitrogen and oxygen atoms in total. The third-order valence-corrected chi connectivity index (χ3v) is 11.0. The Balaban J connectivity index is 1.58. The second-order valence-electron chi connectivity index (χ2n) is 13.4. The topological polar surface area (TPSA) is 149 Å². The van der Waals surface area contributed by atoms with E-state index < -0.39 is 75.6 Å². The number of alkyl carbamates (subject to hydrolysis) is 1. The third-order valence-electron chi connectivity index (χ3n) is 9.05. The van der Waals surface area contributed by atoms with Gasteiger partial charge in [-0.1, -0.05) is 61.8 Å². The van der Waals surface area contributed by atoms with E-state index in [0.29, 0.717) is 5.56 Å². The highest BCUT2D eigenvalue weighted by Gasteiger charge is 2.48. The number of nitrogens with one attached hydrogen (secondary N) is 2. The van der Waals surface area contributed by atoms with Crippen molar-refractivity contribution in [1.82, 2.24) is 20.4 Å². The van der Waals surface area contributed by atoms with Gasteiger partial charge >= 0.3 is 18.9 Å². The number of sulfone groups is 1. The molecule has 18 heteroatoms. The molecule has 2 aromatic carbocycles. The van der Waals surface area contributed by atoms with Gasteiger partial charge in [0.25, 0.3) is 5.91 Å². The van der Waals surface area contributed by atoms with Crippen LogP contribution in [0.2, 0.25) is 5.02 Å². The van der Waals surface area contributed by atoms with E-state index in [0.717, 1.165) is 26.2 Å². The third kappa shape index (κ3) is 9.72. The van der Waals surface area contributed by atoms with Crippen LogP contribution in [0.4, 0.5) is 26.7 Å². The maximum atomic E-state index is 13.6. The maximum Gasteiger partial charge on any atom is 0.407 e. The number of hydrogen-bond acceptors (Lipinski definition) is 8. The van der Waals surface area contributed by atoms with E-state index in [1.165, 1.54) is 16.8 Å². The zero-order valence-electron chi connectivity index (χ0n) is 28.8. The molecule has 0 saturated heterocycles. The molecule has 1 aliphatic carbocycles. The predicted octanol–water partition coefficient (Wildman–Crippen LogP) is 6.31. The number of carbonyl (C=O) groups is 2. The summed E-state index contributed by atoms with van der Waals surface area (Å²) in [6.45, 7) is -0.270. The van der Waals surface area contributed by atoms with Crippen LogP contribution in [0.15, 0.2) is 48.5 Å². The first kappa shape index (κ1) is 40.8. The highest BCUT2D eigenvalue weighted by molar-refractivity contribution is 7.91. The fraction of sp³-hybridized carbons (Fsp3) is 0.500. The molecule has 3 N–H and O–H groups in total. The Morgan fingerprint density at radius 2 is 1.81 bits per heavy atom. The summed E-state index contributed by atoms with van der Waals surface area (Å²) in [5.41, 5.74) is -3.74. The van der Waals surface area contributed by atoms with Crippen molar-refractivity contribution in [3.8, 4) is 17.0 Å².